The number of ether oxygens (including phenoxy) is 1. The first kappa shape index (κ1) is 14.4. The van der Waals surface area contributed by atoms with Gasteiger partial charge in [0.05, 0.1) is 17.6 Å². The van der Waals surface area contributed by atoms with Gasteiger partial charge in [0.15, 0.2) is 0 Å². The number of hydrogen-bond donors (Lipinski definition) is 2. The van der Waals surface area contributed by atoms with E-state index in [0.29, 0.717) is 6.61 Å². The average Bonchev–Trinajstić information content (AvgIpc) is 2.78. The van der Waals surface area contributed by atoms with Crippen LogP contribution in [0.15, 0.2) is 24.5 Å². The highest BCUT2D eigenvalue weighted by Crippen LogP contribution is 2.23. The number of pyridine rings is 1. The third kappa shape index (κ3) is 3.50. The number of aromatic amines is 1. The SMILES string of the molecule is CC(COC(=O)NC(C)(C)C)c1c[nH]c2cccnc12. The van der Waals surface area contributed by atoms with Crippen molar-refractivity contribution in [1.29, 1.82) is 0 Å². The summed E-state index contributed by atoms with van der Waals surface area (Å²) in [5, 5.41) is 2.77. The monoisotopic (exact) mass is 275 g/mol. The van der Waals surface area contributed by atoms with Gasteiger partial charge in [-0.2, -0.15) is 0 Å². The summed E-state index contributed by atoms with van der Waals surface area (Å²) in [5.41, 5.74) is 2.69. The molecule has 5 heteroatoms. The molecule has 108 valence electrons. The molecule has 0 fully saturated rings. The Morgan fingerprint density at radius 3 is 2.95 bits per heavy atom. The topological polar surface area (TPSA) is 67.0 Å². The van der Waals surface area contributed by atoms with Crippen molar-refractivity contribution in [3.05, 3.63) is 30.1 Å². The van der Waals surface area contributed by atoms with E-state index in [0.717, 1.165) is 16.6 Å². The molecule has 1 unspecified atom stereocenters. The van der Waals surface area contributed by atoms with Gasteiger partial charge in [0, 0.05) is 29.4 Å². The summed E-state index contributed by atoms with van der Waals surface area (Å²) >= 11 is 0. The Kier molecular flexibility index (Phi) is 3.97. The number of alkyl carbamates (subject to hydrolysis) is 1. The minimum Gasteiger partial charge on any atom is -0.449 e. The van der Waals surface area contributed by atoms with Crippen LogP contribution in [0.3, 0.4) is 0 Å². The van der Waals surface area contributed by atoms with E-state index < -0.39 is 6.09 Å². The first-order valence-electron chi connectivity index (χ1n) is 6.74. The fraction of sp³-hybridized carbons (Fsp3) is 0.467. The largest absolute Gasteiger partial charge is 0.449 e. The van der Waals surface area contributed by atoms with Crippen molar-refractivity contribution >= 4 is 17.1 Å². The van der Waals surface area contributed by atoms with Gasteiger partial charge in [-0.15, -0.1) is 0 Å². The van der Waals surface area contributed by atoms with Crippen molar-refractivity contribution in [2.45, 2.75) is 39.2 Å². The highest BCUT2D eigenvalue weighted by atomic mass is 16.5. The van der Waals surface area contributed by atoms with Gasteiger partial charge in [-0.3, -0.25) is 4.98 Å². The van der Waals surface area contributed by atoms with Crippen LogP contribution in [0.4, 0.5) is 4.79 Å². The zero-order valence-electron chi connectivity index (χ0n) is 12.4. The van der Waals surface area contributed by atoms with Gasteiger partial charge in [-0.1, -0.05) is 6.92 Å². The van der Waals surface area contributed by atoms with Crippen LogP contribution >= 0.6 is 0 Å². The summed E-state index contributed by atoms with van der Waals surface area (Å²) in [6.45, 7) is 8.09. The zero-order chi connectivity index (χ0) is 14.8. The molecule has 2 rings (SSSR count). The van der Waals surface area contributed by atoms with Gasteiger partial charge in [-0.05, 0) is 32.9 Å². The van der Waals surface area contributed by atoms with Crippen LogP contribution in [0.1, 0.15) is 39.2 Å². The Morgan fingerprint density at radius 1 is 1.50 bits per heavy atom. The van der Waals surface area contributed by atoms with Crippen molar-refractivity contribution in [3.8, 4) is 0 Å². The van der Waals surface area contributed by atoms with Crippen LogP contribution < -0.4 is 5.32 Å². The van der Waals surface area contributed by atoms with Crippen LogP contribution in [0, 0.1) is 0 Å². The summed E-state index contributed by atoms with van der Waals surface area (Å²) in [4.78, 5) is 19.2. The smallest absolute Gasteiger partial charge is 0.407 e. The molecule has 0 aliphatic carbocycles. The van der Waals surface area contributed by atoms with Crippen LogP contribution in [-0.2, 0) is 4.74 Å². The lowest BCUT2D eigenvalue weighted by Gasteiger charge is -2.20. The highest BCUT2D eigenvalue weighted by molar-refractivity contribution is 5.79. The molecule has 0 aromatic carbocycles. The summed E-state index contributed by atoms with van der Waals surface area (Å²) in [5.74, 6) is 0.0874. The van der Waals surface area contributed by atoms with Crippen LogP contribution in [0.25, 0.3) is 11.0 Å². The highest BCUT2D eigenvalue weighted by Gasteiger charge is 2.17. The van der Waals surface area contributed by atoms with Crippen molar-refractivity contribution < 1.29 is 9.53 Å². The average molecular weight is 275 g/mol. The van der Waals surface area contributed by atoms with Gasteiger partial charge in [-0.25, -0.2) is 4.79 Å². The number of nitrogens with zero attached hydrogens (tertiary/aromatic N) is 1. The van der Waals surface area contributed by atoms with E-state index in [4.69, 9.17) is 4.74 Å². The molecule has 20 heavy (non-hydrogen) atoms. The third-order valence-electron chi connectivity index (χ3n) is 2.94. The second-order valence-corrected chi connectivity index (χ2v) is 6.02. The number of hydrogen-bond acceptors (Lipinski definition) is 3. The molecular weight excluding hydrogens is 254 g/mol. The number of H-pyrrole nitrogens is 1. The second-order valence-electron chi connectivity index (χ2n) is 6.02. The number of rotatable bonds is 3. The third-order valence-corrected chi connectivity index (χ3v) is 2.94. The number of fused-ring (bicyclic) bond motifs is 1. The van der Waals surface area contributed by atoms with E-state index in [1.165, 1.54) is 0 Å². The maximum Gasteiger partial charge on any atom is 0.407 e. The van der Waals surface area contributed by atoms with Gasteiger partial charge >= 0.3 is 6.09 Å². The summed E-state index contributed by atoms with van der Waals surface area (Å²) < 4.78 is 5.26. The summed E-state index contributed by atoms with van der Waals surface area (Å²) in [6, 6.07) is 3.87. The Hall–Kier alpha value is -2.04. The van der Waals surface area contributed by atoms with Crippen molar-refractivity contribution in [3.63, 3.8) is 0 Å². The zero-order valence-corrected chi connectivity index (χ0v) is 12.4. The van der Waals surface area contributed by atoms with E-state index in [2.05, 4.69) is 15.3 Å². The molecule has 0 saturated carbocycles. The number of carbonyl (C=O) groups excluding carboxylic acids is 1. The number of carbonyl (C=O) groups is 1. The maximum atomic E-state index is 11.6. The number of amides is 1. The van der Waals surface area contributed by atoms with Crippen LogP contribution in [-0.4, -0.2) is 28.2 Å². The molecular formula is C15H21N3O2. The molecule has 0 spiro atoms. The molecule has 1 amide bonds. The van der Waals surface area contributed by atoms with Gasteiger partial charge in [0.1, 0.15) is 0 Å². The lowest BCUT2D eigenvalue weighted by atomic mass is 10.0. The van der Waals surface area contributed by atoms with Crippen LogP contribution in [0.5, 0.6) is 0 Å². The summed E-state index contributed by atoms with van der Waals surface area (Å²) in [7, 11) is 0. The van der Waals surface area contributed by atoms with E-state index in [1.54, 1.807) is 6.20 Å². The number of nitrogens with one attached hydrogen (secondary N) is 2. The van der Waals surface area contributed by atoms with Gasteiger partial charge in [0.2, 0.25) is 0 Å². The normalized spacial score (nSPS) is 13.2. The minimum absolute atomic E-state index is 0.0874. The second kappa shape index (κ2) is 5.53. The van der Waals surface area contributed by atoms with Crippen molar-refractivity contribution in [2.24, 2.45) is 0 Å². The quantitative estimate of drug-likeness (QED) is 0.904. The standard InChI is InChI=1S/C15H21N3O2/c1-10(9-20-14(19)18-15(2,3)4)11-8-17-12-6-5-7-16-13(11)12/h5-8,10,17H,9H2,1-4H3,(H,18,19). The molecule has 0 saturated heterocycles. The van der Waals surface area contributed by atoms with E-state index >= 15 is 0 Å². The lowest BCUT2D eigenvalue weighted by Crippen LogP contribution is -2.41. The van der Waals surface area contributed by atoms with Crippen LogP contribution in [0.2, 0.25) is 0 Å². The Morgan fingerprint density at radius 2 is 2.25 bits per heavy atom. The van der Waals surface area contributed by atoms with E-state index in [9.17, 15) is 4.79 Å². The molecule has 2 aromatic rings. The first-order chi connectivity index (χ1) is 9.37. The molecule has 0 aliphatic heterocycles. The van der Waals surface area contributed by atoms with Gasteiger partial charge < -0.3 is 15.0 Å². The van der Waals surface area contributed by atoms with E-state index in [1.807, 2.05) is 46.0 Å². The van der Waals surface area contributed by atoms with Crippen molar-refractivity contribution in [1.82, 2.24) is 15.3 Å². The van der Waals surface area contributed by atoms with E-state index in [-0.39, 0.29) is 11.5 Å². The molecule has 0 radical (unpaired) electrons. The summed E-state index contributed by atoms with van der Waals surface area (Å²) in [6.07, 6.45) is 3.30. The lowest BCUT2D eigenvalue weighted by molar-refractivity contribution is 0.132. The fourth-order valence-corrected chi connectivity index (χ4v) is 1.98. The van der Waals surface area contributed by atoms with Crippen molar-refractivity contribution in [2.75, 3.05) is 6.61 Å². The Balaban J connectivity index is 1.99. The first-order valence-corrected chi connectivity index (χ1v) is 6.74. The molecule has 2 aromatic heterocycles. The minimum atomic E-state index is -0.392. The molecule has 1 atom stereocenters. The molecule has 5 nitrogen and oxygen atoms in total. The predicted octanol–water partition coefficient (Wildman–Crippen LogP) is 3.19. The molecule has 0 aliphatic rings. The maximum absolute atomic E-state index is 11.6. The fourth-order valence-electron chi connectivity index (χ4n) is 1.98. The van der Waals surface area contributed by atoms with Gasteiger partial charge in [0.25, 0.3) is 0 Å². The Labute approximate surface area is 118 Å². The number of aromatic nitrogens is 2. The Bertz CT molecular complexity index is 598. The molecule has 2 heterocycles. The predicted molar refractivity (Wildman–Crippen MR) is 78.7 cm³/mol. The molecule has 2 N–H and O–H groups in total. The molecule has 0 bridgehead atoms.